The largest absolute Gasteiger partial charge is 0.295 e. The molecule has 0 aliphatic heterocycles. The first-order valence-electron chi connectivity index (χ1n) is 7.74. The number of halogens is 1. The van der Waals surface area contributed by atoms with Crippen LogP contribution >= 0.6 is 11.6 Å². The van der Waals surface area contributed by atoms with E-state index in [2.05, 4.69) is 4.72 Å². The zero-order valence-electron chi connectivity index (χ0n) is 13.5. The van der Waals surface area contributed by atoms with Crippen LogP contribution in [0.4, 0.5) is 0 Å². The molecule has 24 heavy (non-hydrogen) atoms. The van der Waals surface area contributed by atoms with E-state index >= 15 is 0 Å². The number of nitrogens with one attached hydrogen (secondary N) is 1. The van der Waals surface area contributed by atoms with E-state index in [1.807, 2.05) is 24.3 Å². The van der Waals surface area contributed by atoms with Gasteiger partial charge in [0, 0.05) is 17.1 Å². The van der Waals surface area contributed by atoms with E-state index in [4.69, 9.17) is 11.6 Å². The Kier molecular flexibility index (Phi) is 6.54. The van der Waals surface area contributed by atoms with Crippen LogP contribution in [-0.2, 0) is 16.4 Å². The Balaban J connectivity index is 1.86. The van der Waals surface area contributed by atoms with E-state index in [-0.39, 0.29) is 10.7 Å². The van der Waals surface area contributed by atoms with Crippen LogP contribution in [0.25, 0.3) is 0 Å². The van der Waals surface area contributed by atoms with Crippen molar-refractivity contribution in [3.63, 3.8) is 0 Å². The van der Waals surface area contributed by atoms with Gasteiger partial charge in [-0.2, -0.15) is 0 Å². The van der Waals surface area contributed by atoms with Crippen LogP contribution in [-0.4, -0.2) is 20.7 Å². The van der Waals surface area contributed by atoms with Crippen LogP contribution in [0.3, 0.4) is 0 Å². The number of aryl methyl sites for hydroxylation is 1. The van der Waals surface area contributed by atoms with Crippen molar-refractivity contribution in [2.24, 2.45) is 0 Å². The Hall–Kier alpha value is -1.69. The summed E-state index contributed by atoms with van der Waals surface area (Å²) in [6.07, 6.45) is 2.35. The molecule has 0 aromatic heterocycles. The average molecular weight is 366 g/mol. The molecule has 0 saturated heterocycles. The molecule has 2 rings (SSSR count). The number of sulfonamides is 1. The summed E-state index contributed by atoms with van der Waals surface area (Å²) >= 11 is 6.09. The molecule has 0 saturated carbocycles. The Labute approximate surface area is 147 Å². The number of ketones is 1. The first kappa shape index (κ1) is 18.6. The van der Waals surface area contributed by atoms with Gasteiger partial charge in [-0.15, -0.1) is 0 Å². The van der Waals surface area contributed by atoms with E-state index in [1.54, 1.807) is 12.1 Å². The third kappa shape index (κ3) is 5.16. The number of carbonyl (C=O) groups is 1. The molecule has 2 aromatic rings. The van der Waals surface area contributed by atoms with Gasteiger partial charge in [-0.3, -0.25) is 4.79 Å². The standard InChI is InChI=1S/C18H20ClNO3S/c1-14(21)16-9-6-10-17(13-16)24(22,23)20-12-5-4-8-15-7-2-3-11-18(15)19/h2-3,6-7,9-11,13,20H,4-5,8,12H2,1H3. The lowest BCUT2D eigenvalue weighted by Crippen LogP contribution is -2.25. The van der Waals surface area contributed by atoms with Gasteiger partial charge in [-0.1, -0.05) is 41.9 Å². The lowest BCUT2D eigenvalue weighted by atomic mass is 10.1. The SMILES string of the molecule is CC(=O)c1cccc(S(=O)(=O)NCCCCc2ccccc2Cl)c1. The van der Waals surface area contributed by atoms with E-state index < -0.39 is 10.0 Å². The normalized spacial score (nSPS) is 11.4. The van der Waals surface area contributed by atoms with E-state index in [0.29, 0.717) is 18.5 Å². The fourth-order valence-electron chi connectivity index (χ4n) is 2.31. The van der Waals surface area contributed by atoms with E-state index in [9.17, 15) is 13.2 Å². The highest BCUT2D eigenvalue weighted by molar-refractivity contribution is 7.89. The van der Waals surface area contributed by atoms with Crippen LogP contribution < -0.4 is 4.72 Å². The maximum Gasteiger partial charge on any atom is 0.240 e. The summed E-state index contributed by atoms with van der Waals surface area (Å²) in [5.41, 5.74) is 1.45. The molecule has 0 aliphatic carbocycles. The number of benzene rings is 2. The molecule has 0 fully saturated rings. The number of carbonyl (C=O) groups excluding carboxylic acids is 1. The zero-order valence-corrected chi connectivity index (χ0v) is 15.0. The summed E-state index contributed by atoms with van der Waals surface area (Å²) in [7, 11) is -3.60. The highest BCUT2D eigenvalue weighted by Crippen LogP contribution is 2.17. The Bertz CT molecular complexity index is 819. The monoisotopic (exact) mass is 365 g/mol. The molecule has 2 aromatic carbocycles. The van der Waals surface area contributed by atoms with Crippen molar-refractivity contribution in [2.45, 2.75) is 31.1 Å². The summed E-state index contributed by atoms with van der Waals surface area (Å²) in [5, 5.41) is 0.735. The third-order valence-corrected chi connectivity index (χ3v) is 5.50. The zero-order chi connectivity index (χ0) is 17.6. The second-order valence-electron chi connectivity index (χ2n) is 5.53. The van der Waals surface area contributed by atoms with Crippen molar-refractivity contribution >= 4 is 27.4 Å². The lowest BCUT2D eigenvalue weighted by Gasteiger charge is -2.08. The number of rotatable bonds is 8. The highest BCUT2D eigenvalue weighted by Gasteiger charge is 2.14. The summed E-state index contributed by atoms with van der Waals surface area (Å²) in [5.74, 6) is -0.160. The minimum Gasteiger partial charge on any atom is -0.295 e. The number of hydrogen-bond acceptors (Lipinski definition) is 3. The summed E-state index contributed by atoms with van der Waals surface area (Å²) in [6, 6.07) is 13.7. The van der Waals surface area contributed by atoms with Crippen molar-refractivity contribution in [2.75, 3.05) is 6.54 Å². The molecule has 0 amide bonds. The second kappa shape index (κ2) is 8.42. The van der Waals surface area contributed by atoms with Crippen LogP contribution in [0.2, 0.25) is 5.02 Å². The predicted octanol–water partition coefficient (Wildman–Crippen LogP) is 3.84. The van der Waals surface area contributed by atoms with Gasteiger partial charge < -0.3 is 0 Å². The van der Waals surface area contributed by atoms with Gasteiger partial charge in [0.2, 0.25) is 10.0 Å². The first-order valence-corrected chi connectivity index (χ1v) is 9.60. The van der Waals surface area contributed by atoms with Crippen molar-refractivity contribution < 1.29 is 13.2 Å². The molecule has 6 heteroatoms. The first-order chi connectivity index (χ1) is 11.4. The van der Waals surface area contributed by atoms with E-state index in [1.165, 1.54) is 19.1 Å². The molecule has 1 N–H and O–H groups in total. The molecular formula is C18H20ClNO3S. The van der Waals surface area contributed by atoms with E-state index in [0.717, 1.165) is 23.4 Å². The predicted molar refractivity (Wildman–Crippen MR) is 96.0 cm³/mol. The summed E-state index contributed by atoms with van der Waals surface area (Å²) in [4.78, 5) is 11.5. The minimum atomic E-state index is -3.60. The summed E-state index contributed by atoms with van der Waals surface area (Å²) < 4.78 is 27.1. The van der Waals surface area contributed by atoms with Crippen LogP contribution in [0.1, 0.15) is 35.7 Å². The smallest absolute Gasteiger partial charge is 0.240 e. The fourth-order valence-corrected chi connectivity index (χ4v) is 3.66. The molecule has 0 unspecified atom stereocenters. The van der Waals surface area contributed by atoms with Gasteiger partial charge in [-0.05, 0) is 49.9 Å². The average Bonchev–Trinajstić information content (AvgIpc) is 2.56. The van der Waals surface area contributed by atoms with Gasteiger partial charge in [0.05, 0.1) is 4.90 Å². The molecule has 0 atom stereocenters. The van der Waals surface area contributed by atoms with Gasteiger partial charge >= 0.3 is 0 Å². The van der Waals surface area contributed by atoms with Gasteiger partial charge in [0.1, 0.15) is 0 Å². The highest BCUT2D eigenvalue weighted by atomic mass is 35.5. The molecule has 0 bridgehead atoms. The molecular weight excluding hydrogens is 346 g/mol. The van der Waals surface area contributed by atoms with Crippen molar-refractivity contribution in [3.8, 4) is 0 Å². The number of unbranched alkanes of at least 4 members (excludes halogenated alkanes) is 1. The van der Waals surface area contributed by atoms with Crippen LogP contribution in [0, 0.1) is 0 Å². The van der Waals surface area contributed by atoms with Gasteiger partial charge in [0.25, 0.3) is 0 Å². The summed E-state index contributed by atoms with van der Waals surface area (Å²) in [6.45, 7) is 1.75. The van der Waals surface area contributed by atoms with Gasteiger partial charge in [0.15, 0.2) is 5.78 Å². The number of hydrogen-bond donors (Lipinski definition) is 1. The van der Waals surface area contributed by atoms with Crippen molar-refractivity contribution in [3.05, 3.63) is 64.7 Å². The Morgan fingerprint density at radius 2 is 1.83 bits per heavy atom. The lowest BCUT2D eigenvalue weighted by molar-refractivity contribution is 0.101. The maximum atomic E-state index is 12.3. The molecule has 128 valence electrons. The van der Waals surface area contributed by atoms with Crippen LogP contribution in [0.15, 0.2) is 53.4 Å². The third-order valence-electron chi connectivity index (χ3n) is 3.67. The quantitative estimate of drug-likeness (QED) is 0.571. The number of Topliss-reactive ketones (excluding diaryl/α,β-unsaturated/α-hetero) is 1. The minimum absolute atomic E-state index is 0.112. The molecule has 0 spiro atoms. The molecule has 0 radical (unpaired) electrons. The maximum absolute atomic E-state index is 12.3. The Morgan fingerprint density at radius 3 is 2.54 bits per heavy atom. The second-order valence-corrected chi connectivity index (χ2v) is 7.70. The van der Waals surface area contributed by atoms with Gasteiger partial charge in [-0.25, -0.2) is 13.1 Å². The molecule has 0 aliphatic rings. The molecule has 0 heterocycles. The molecule has 4 nitrogen and oxygen atoms in total. The van der Waals surface area contributed by atoms with Crippen molar-refractivity contribution in [1.82, 2.24) is 4.72 Å². The topological polar surface area (TPSA) is 63.2 Å². The fraction of sp³-hybridized carbons (Fsp3) is 0.278. The Morgan fingerprint density at radius 1 is 1.08 bits per heavy atom. The van der Waals surface area contributed by atoms with Crippen LogP contribution in [0.5, 0.6) is 0 Å². The van der Waals surface area contributed by atoms with Crippen molar-refractivity contribution in [1.29, 1.82) is 0 Å².